The Labute approximate surface area is 139 Å². The molecule has 6 nitrogen and oxygen atoms in total. The Hall–Kier alpha value is -2.41. The van der Waals surface area contributed by atoms with E-state index in [2.05, 4.69) is 4.98 Å². The van der Waals surface area contributed by atoms with E-state index in [1.165, 1.54) is 16.7 Å². The monoisotopic (exact) mass is 333 g/mol. The number of ether oxygens (including phenoxy) is 1. The van der Waals surface area contributed by atoms with Gasteiger partial charge in [-0.3, -0.25) is 4.79 Å². The van der Waals surface area contributed by atoms with E-state index in [-0.39, 0.29) is 17.9 Å². The Morgan fingerprint density at radius 1 is 1.33 bits per heavy atom. The van der Waals surface area contributed by atoms with Crippen LogP contribution < -0.4 is 15.2 Å². The Balaban J connectivity index is 1.62. The molecule has 1 saturated heterocycles. The molecule has 0 spiro atoms. The molecule has 0 aliphatic carbocycles. The van der Waals surface area contributed by atoms with Crippen LogP contribution in [0.5, 0.6) is 5.75 Å². The fraction of sp³-hybridized carbons (Fsp3) is 0.412. The normalized spacial score (nSPS) is 16.9. The first kappa shape index (κ1) is 16.4. The van der Waals surface area contributed by atoms with E-state index < -0.39 is 11.4 Å². The molecule has 2 aromatic rings. The van der Waals surface area contributed by atoms with Gasteiger partial charge in [-0.1, -0.05) is 12.1 Å². The van der Waals surface area contributed by atoms with Crippen LogP contribution in [0.2, 0.25) is 0 Å². The number of hydrogen-bond acceptors (Lipinski definition) is 5. The molecule has 0 saturated carbocycles. The van der Waals surface area contributed by atoms with Gasteiger partial charge in [0.25, 0.3) is 5.56 Å². The first-order valence-corrected chi connectivity index (χ1v) is 7.85. The first-order valence-electron chi connectivity index (χ1n) is 7.85. The number of hydrogen-bond donors (Lipinski definition) is 1. The van der Waals surface area contributed by atoms with Crippen LogP contribution in [0.4, 0.5) is 10.2 Å². The fourth-order valence-electron chi connectivity index (χ4n) is 2.75. The molecule has 3 rings (SSSR count). The van der Waals surface area contributed by atoms with Crippen LogP contribution in [0.25, 0.3) is 0 Å². The third-order valence-electron chi connectivity index (χ3n) is 4.33. The standard InChI is InChI=1S/C17H20FN3O3/c1-20-11-8-19-15(16(20)22)21-9-6-17(23,7-10-21)12-24-14-5-3-2-4-13(14)18/h2-5,8,11,23H,6-7,9-10,12H2,1H3. The highest BCUT2D eigenvalue weighted by Crippen LogP contribution is 2.26. The Morgan fingerprint density at radius 2 is 2.04 bits per heavy atom. The lowest BCUT2D eigenvalue weighted by molar-refractivity contribution is -0.0251. The summed E-state index contributed by atoms with van der Waals surface area (Å²) in [5, 5.41) is 10.6. The number of aromatic nitrogens is 2. The lowest BCUT2D eigenvalue weighted by Crippen LogP contribution is -2.49. The van der Waals surface area contributed by atoms with E-state index in [1.807, 2.05) is 4.90 Å². The van der Waals surface area contributed by atoms with Gasteiger partial charge < -0.3 is 19.3 Å². The molecular weight excluding hydrogens is 313 g/mol. The van der Waals surface area contributed by atoms with E-state index in [1.54, 1.807) is 31.6 Å². The average Bonchev–Trinajstić information content (AvgIpc) is 2.58. The van der Waals surface area contributed by atoms with Gasteiger partial charge >= 0.3 is 0 Å². The predicted octanol–water partition coefficient (Wildman–Crippen LogP) is 1.33. The summed E-state index contributed by atoms with van der Waals surface area (Å²) in [5.74, 6) is 0.0690. The summed E-state index contributed by atoms with van der Waals surface area (Å²) in [5.41, 5.74) is -1.20. The van der Waals surface area contributed by atoms with Crippen LogP contribution in [0.1, 0.15) is 12.8 Å². The van der Waals surface area contributed by atoms with E-state index in [0.717, 1.165) is 0 Å². The zero-order valence-corrected chi connectivity index (χ0v) is 13.5. The highest BCUT2D eigenvalue weighted by Gasteiger charge is 2.34. The minimum atomic E-state index is -1.04. The number of halogens is 1. The van der Waals surface area contributed by atoms with Gasteiger partial charge in [-0.05, 0) is 25.0 Å². The van der Waals surface area contributed by atoms with Crippen molar-refractivity contribution in [2.75, 3.05) is 24.6 Å². The summed E-state index contributed by atoms with van der Waals surface area (Å²) in [6, 6.07) is 6.12. The number of para-hydroxylation sites is 1. The van der Waals surface area contributed by atoms with Crippen LogP contribution in [0, 0.1) is 5.82 Å². The van der Waals surface area contributed by atoms with Gasteiger partial charge in [0.2, 0.25) is 0 Å². The molecule has 0 bridgehead atoms. The van der Waals surface area contributed by atoms with Crippen molar-refractivity contribution in [1.82, 2.24) is 9.55 Å². The molecule has 0 atom stereocenters. The maximum Gasteiger partial charge on any atom is 0.293 e. The van der Waals surface area contributed by atoms with E-state index in [9.17, 15) is 14.3 Å². The molecule has 1 aliphatic rings. The molecule has 128 valence electrons. The number of nitrogens with zero attached hydrogens (tertiary/aromatic N) is 3. The summed E-state index contributed by atoms with van der Waals surface area (Å²) >= 11 is 0. The van der Waals surface area contributed by atoms with Gasteiger partial charge in [-0.25, -0.2) is 9.37 Å². The van der Waals surface area contributed by atoms with Crippen LogP contribution >= 0.6 is 0 Å². The van der Waals surface area contributed by atoms with E-state index in [4.69, 9.17) is 4.74 Å². The number of benzene rings is 1. The molecule has 0 radical (unpaired) electrons. The van der Waals surface area contributed by atoms with Crippen molar-refractivity contribution in [3.63, 3.8) is 0 Å². The molecule has 2 heterocycles. The maximum absolute atomic E-state index is 13.6. The van der Waals surface area contributed by atoms with Crippen LogP contribution in [-0.4, -0.2) is 40.0 Å². The molecule has 7 heteroatoms. The van der Waals surface area contributed by atoms with Crippen molar-refractivity contribution in [1.29, 1.82) is 0 Å². The number of rotatable bonds is 4. The molecule has 1 fully saturated rings. The minimum absolute atomic E-state index is 0.0159. The Morgan fingerprint density at radius 3 is 2.75 bits per heavy atom. The summed E-state index contributed by atoms with van der Waals surface area (Å²) < 4.78 is 20.5. The number of anilines is 1. The molecule has 1 N–H and O–H groups in total. The van der Waals surface area contributed by atoms with Crippen molar-refractivity contribution in [2.45, 2.75) is 18.4 Å². The van der Waals surface area contributed by atoms with Crippen molar-refractivity contribution in [2.24, 2.45) is 7.05 Å². The molecule has 1 aromatic carbocycles. The SMILES string of the molecule is Cn1ccnc(N2CCC(O)(COc3ccccc3F)CC2)c1=O. The number of aliphatic hydroxyl groups is 1. The van der Waals surface area contributed by atoms with Crippen LogP contribution in [-0.2, 0) is 7.05 Å². The van der Waals surface area contributed by atoms with Gasteiger partial charge in [-0.2, -0.15) is 0 Å². The fourth-order valence-corrected chi connectivity index (χ4v) is 2.75. The minimum Gasteiger partial charge on any atom is -0.488 e. The zero-order chi connectivity index (χ0) is 17.2. The number of piperidine rings is 1. The molecule has 24 heavy (non-hydrogen) atoms. The summed E-state index contributed by atoms with van der Waals surface area (Å²) in [6.07, 6.45) is 4.02. The second-order valence-corrected chi connectivity index (χ2v) is 6.10. The molecular formula is C17H20FN3O3. The summed E-state index contributed by atoms with van der Waals surface area (Å²) in [4.78, 5) is 18.1. The highest BCUT2D eigenvalue weighted by atomic mass is 19.1. The second kappa shape index (κ2) is 6.60. The third kappa shape index (κ3) is 3.41. The van der Waals surface area contributed by atoms with Crippen molar-refractivity contribution in [3.8, 4) is 5.75 Å². The highest BCUT2D eigenvalue weighted by molar-refractivity contribution is 5.36. The lowest BCUT2D eigenvalue weighted by Gasteiger charge is -2.38. The molecule has 0 amide bonds. The van der Waals surface area contributed by atoms with E-state index in [0.29, 0.717) is 31.7 Å². The van der Waals surface area contributed by atoms with Gasteiger partial charge in [0.15, 0.2) is 17.4 Å². The van der Waals surface area contributed by atoms with Crippen LogP contribution in [0.3, 0.4) is 0 Å². The lowest BCUT2D eigenvalue weighted by atomic mass is 9.92. The topological polar surface area (TPSA) is 67.6 Å². The van der Waals surface area contributed by atoms with Crippen molar-refractivity contribution < 1.29 is 14.2 Å². The van der Waals surface area contributed by atoms with Crippen molar-refractivity contribution >= 4 is 5.82 Å². The van der Waals surface area contributed by atoms with Gasteiger partial charge in [0.1, 0.15) is 12.2 Å². The predicted molar refractivity (Wildman–Crippen MR) is 87.8 cm³/mol. The zero-order valence-electron chi connectivity index (χ0n) is 13.5. The average molecular weight is 333 g/mol. The second-order valence-electron chi connectivity index (χ2n) is 6.10. The van der Waals surface area contributed by atoms with Gasteiger partial charge in [-0.15, -0.1) is 0 Å². The number of aryl methyl sites for hydroxylation is 1. The molecule has 1 aliphatic heterocycles. The maximum atomic E-state index is 13.6. The van der Waals surface area contributed by atoms with E-state index >= 15 is 0 Å². The van der Waals surface area contributed by atoms with Gasteiger partial charge in [0.05, 0.1) is 0 Å². The quantitative estimate of drug-likeness (QED) is 0.914. The Kier molecular flexibility index (Phi) is 4.53. The Bertz CT molecular complexity index is 770. The third-order valence-corrected chi connectivity index (χ3v) is 4.33. The van der Waals surface area contributed by atoms with Crippen molar-refractivity contribution in [3.05, 3.63) is 52.8 Å². The molecule has 1 aromatic heterocycles. The summed E-state index contributed by atoms with van der Waals surface area (Å²) in [6.45, 7) is 0.995. The first-order chi connectivity index (χ1) is 11.5. The smallest absolute Gasteiger partial charge is 0.293 e. The van der Waals surface area contributed by atoms with Crippen LogP contribution in [0.15, 0.2) is 41.5 Å². The molecule has 0 unspecified atom stereocenters. The summed E-state index contributed by atoms with van der Waals surface area (Å²) in [7, 11) is 1.68. The largest absolute Gasteiger partial charge is 0.488 e. The van der Waals surface area contributed by atoms with Gasteiger partial charge in [0, 0.05) is 32.5 Å².